The van der Waals surface area contributed by atoms with Gasteiger partial charge in [-0.25, -0.2) is 4.79 Å². The first kappa shape index (κ1) is 19.2. The van der Waals surface area contributed by atoms with E-state index in [2.05, 4.69) is 4.98 Å². The zero-order valence-corrected chi connectivity index (χ0v) is 12.7. The number of nitrogens with one attached hydrogen (secondary N) is 1. The van der Waals surface area contributed by atoms with E-state index in [0.717, 1.165) is 4.57 Å². The van der Waals surface area contributed by atoms with Crippen LogP contribution in [0.1, 0.15) is 12.0 Å². The van der Waals surface area contributed by atoms with Gasteiger partial charge in [-0.3, -0.25) is 14.6 Å². The maximum atomic E-state index is 11.7. The van der Waals surface area contributed by atoms with E-state index in [4.69, 9.17) is 36.0 Å². The van der Waals surface area contributed by atoms with Crippen molar-refractivity contribution in [2.45, 2.75) is 31.1 Å². The summed E-state index contributed by atoms with van der Waals surface area (Å²) in [4.78, 5) is 36.4. The monoisotopic (exact) mass is 321 g/mol. The smallest absolute Gasteiger partial charge is 0.328 e. The number of aliphatic hydroxyl groups excluding tert-OH is 1. The highest BCUT2D eigenvalue weighted by atomic mass is 16.6. The zero-order valence-electron chi connectivity index (χ0n) is 12.7. The van der Waals surface area contributed by atoms with Gasteiger partial charge < -0.3 is 24.9 Å². The van der Waals surface area contributed by atoms with Gasteiger partial charge in [-0.2, -0.15) is 0 Å². The second kappa shape index (κ2) is 8.14. The largest absolute Gasteiger partial charge is 0.476 e. The third-order valence-corrected chi connectivity index (χ3v) is 3.13. The molecule has 0 aliphatic heterocycles. The molecule has 1 unspecified atom stereocenters. The van der Waals surface area contributed by atoms with Crippen LogP contribution < -0.4 is 17.0 Å². The van der Waals surface area contributed by atoms with Crippen molar-refractivity contribution < 1.29 is 19.4 Å². The first-order valence-corrected chi connectivity index (χ1v) is 6.71. The minimum Gasteiger partial charge on any atom is -0.476 e. The molecule has 1 aromatic heterocycles. The van der Waals surface area contributed by atoms with Gasteiger partial charge in [-0.1, -0.05) is 0 Å². The summed E-state index contributed by atoms with van der Waals surface area (Å²) in [5, 5.41) is 7.11. The molecule has 0 fully saturated rings. The number of rotatable bonds is 8. The Morgan fingerprint density at radius 2 is 2.17 bits per heavy atom. The lowest BCUT2D eigenvalue weighted by molar-refractivity contribution is -0.152. The third kappa shape index (κ3) is 5.08. The van der Waals surface area contributed by atoms with E-state index in [1.807, 2.05) is 0 Å². The van der Waals surface area contributed by atoms with Gasteiger partial charge in [-0.05, 0) is 6.42 Å². The summed E-state index contributed by atoms with van der Waals surface area (Å²) in [5.74, 6) is -0.805. The Morgan fingerprint density at radius 1 is 1.52 bits per heavy atom. The van der Waals surface area contributed by atoms with Crippen LogP contribution in [0.3, 0.4) is 0 Å². The van der Waals surface area contributed by atoms with Crippen LogP contribution in [0.2, 0.25) is 0 Å². The fourth-order valence-electron chi connectivity index (χ4n) is 1.92. The van der Waals surface area contributed by atoms with Crippen LogP contribution in [-0.4, -0.2) is 61.5 Å². The SMILES string of the molecule is [B]C([B])(OC(=O)CN)C(CCn1cc(CO)c(=O)[nH]c1=O)OC. The predicted octanol–water partition coefficient (Wildman–Crippen LogP) is -3.07. The number of aromatic nitrogens is 2. The molecule has 122 valence electrons. The first-order chi connectivity index (χ1) is 10.7. The summed E-state index contributed by atoms with van der Waals surface area (Å²) in [6.45, 7) is -0.863. The van der Waals surface area contributed by atoms with Crippen LogP contribution in [0.25, 0.3) is 0 Å². The van der Waals surface area contributed by atoms with Gasteiger partial charge in [0.2, 0.25) is 0 Å². The number of aliphatic hydroxyl groups is 1. The average molecular weight is 321 g/mol. The quantitative estimate of drug-likeness (QED) is 0.341. The summed E-state index contributed by atoms with van der Waals surface area (Å²) >= 11 is 0. The normalized spacial score (nSPS) is 12.8. The predicted molar refractivity (Wildman–Crippen MR) is 82.0 cm³/mol. The molecular weight excluding hydrogens is 304 g/mol. The van der Waals surface area contributed by atoms with Gasteiger partial charge in [0.25, 0.3) is 5.56 Å². The molecule has 0 aliphatic carbocycles. The van der Waals surface area contributed by atoms with Crippen LogP contribution >= 0.6 is 0 Å². The number of esters is 1. The molecule has 1 rings (SSSR count). The topological polar surface area (TPSA) is 137 Å². The van der Waals surface area contributed by atoms with E-state index in [0.29, 0.717) is 0 Å². The fraction of sp³-hybridized carbons (Fsp3) is 0.583. The van der Waals surface area contributed by atoms with Crippen molar-refractivity contribution in [3.63, 3.8) is 0 Å². The number of hydrogen-bond acceptors (Lipinski definition) is 7. The molecule has 9 nitrogen and oxygen atoms in total. The number of aromatic amines is 1. The molecule has 1 aromatic rings. The maximum absolute atomic E-state index is 11.7. The van der Waals surface area contributed by atoms with Crippen molar-refractivity contribution in [1.29, 1.82) is 0 Å². The average Bonchev–Trinajstić information content (AvgIpc) is 2.48. The minimum absolute atomic E-state index is 0.0277. The van der Waals surface area contributed by atoms with E-state index in [1.54, 1.807) is 0 Å². The summed E-state index contributed by atoms with van der Waals surface area (Å²) < 4.78 is 11.1. The van der Waals surface area contributed by atoms with Crippen molar-refractivity contribution in [3.8, 4) is 0 Å². The fourth-order valence-corrected chi connectivity index (χ4v) is 1.92. The van der Waals surface area contributed by atoms with Crippen LogP contribution in [-0.2, 0) is 27.4 Å². The first-order valence-electron chi connectivity index (χ1n) is 6.71. The lowest BCUT2D eigenvalue weighted by atomic mass is 9.61. The number of aryl methyl sites for hydroxylation is 1. The van der Waals surface area contributed by atoms with E-state index in [9.17, 15) is 14.4 Å². The molecule has 4 radical (unpaired) electrons. The van der Waals surface area contributed by atoms with Crippen molar-refractivity contribution in [1.82, 2.24) is 9.55 Å². The molecule has 11 heteroatoms. The molecule has 1 heterocycles. The molecule has 0 amide bonds. The summed E-state index contributed by atoms with van der Waals surface area (Å²) in [6, 6.07) is 0. The number of methoxy groups -OCH3 is 1. The Kier molecular flexibility index (Phi) is 6.79. The zero-order chi connectivity index (χ0) is 17.6. The van der Waals surface area contributed by atoms with Gasteiger partial charge in [-0.15, -0.1) is 0 Å². The Balaban J connectivity index is 2.88. The molecule has 0 spiro atoms. The number of carbonyl (C=O) groups is 1. The second-order valence-electron chi connectivity index (χ2n) is 4.81. The third-order valence-electron chi connectivity index (χ3n) is 3.13. The van der Waals surface area contributed by atoms with Crippen LogP contribution in [0.4, 0.5) is 0 Å². The molecular formula is C12H17B2N3O6. The minimum atomic E-state index is -1.93. The van der Waals surface area contributed by atoms with E-state index in [1.165, 1.54) is 13.3 Å². The number of nitrogens with two attached hydrogens (primary N) is 1. The van der Waals surface area contributed by atoms with Crippen LogP contribution in [0.15, 0.2) is 15.8 Å². The number of nitrogens with zero attached hydrogens (tertiary/aromatic N) is 1. The lowest BCUT2D eigenvalue weighted by Gasteiger charge is -2.34. The molecule has 1 atom stereocenters. The van der Waals surface area contributed by atoms with Crippen molar-refractivity contribution in [2.75, 3.05) is 13.7 Å². The van der Waals surface area contributed by atoms with Crippen molar-refractivity contribution in [3.05, 3.63) is 32.6 Å². The van der Waals surface area contributed by atoms with E-state index < -0.39 is 41.9 Å². The van der Waals surface area contributed by atoms with E-state index in [-0.39, 0.29) is 18.5 Å². The number of H-pyrrole nitrogens is 1. The number of ether oxygens (including phenoxy) is 2. The molecule has 0 saturated carbocycles. The van der Waals surface area contributed by atoms with Gasteiger partial charge >= 0.3 is 11.7 Å². The standard InChI is InChI=1S/C12H17B2N3O6/c1-22-8(12(13,14)23-9(19)4-15)2-3-17-5-7(6-18)10(20)16-11(17)21/h5,8,18H,2-4,6,15H2,1H3,(H,16,20,21). The Labute approximate surface area is 134 Å². The highest BCUT2D eigenvalue weighted by Gasteiger charge is 2.32. The highest BCUT2D eigenvalue weighted by Crippen LogP contribution is 2.15. The highest BCUT2D eigenvalue weighted by molar-refractivity contribution is 6.40. The van der Waals surface area contributed by atoms with Crippen molar-refractivity contribution in [2.24, 2.45) is 5.73 Å². The summed E-state index contributed by atoms with van der Waals surface area (Å²) in [5.41, 5.74) is 3.82. The Morgan fingerprint density at radius 3 is 2.70 bits per heavy atom. The van der Waals surface area contributed by atoms with Gasteiger partial charge in [0.1, 0.15) is 15.7 Å². The number of hydrogen-bond donors (Lipinski definition) is 3. The molecule has 0 aliphatic rings. The van der Waals surface area contributed by atoms with Crippen LogP contribution in [0.5, 0.6) is 0 Å². The van der Waals surface area contributed by atoms with Crippen LogP contribution in [0, 0.1) is 0 Å². The molecule has 4 N–H and O–H groups in total. The molecule has 23 heavy (non-hydrogen) atoms. The lowest BCUT2D eigenvalue weighted by Crippen LogP contribution is -2.50. The van der Waals surface area contributed by atoms with Gasteiger partial charge in [0.05, 0.1) is 30.2 Å². The van der Waals surface area contributed by atoms with E-state index >= 15 is 0 Å². The van der Waals surface area contributed by atoms with Crippen molar-refractivity contribution >= 4 is 21.7 Å². The Hall–Kier alpha value is -1.84. The number of carbonyl (C=O) groups excluding carboxylic acids is 1. The van der Waals surface area contributed by atoms with Gasteiger partial charge in [0, 0.05) is 19.9 Å². The molecule has 0 aromatic carbocycles. The molecule has 0 bridgehead atoms. The maximum Gasteiger partial charge on any atom is 0.328 e. The van der Waals surface area contributed by atoms with Gasteiger partial charge in [0.15, 0.2) is 0 Å². The Bertz CT molecular complexity index is 657. The second-order valence-corrected chi connectivity index (χ2v) is 4.81. The summed E-state index contributed by atoms with van der Waals surface area (Å²) in [6.07, 6.45) is 0.376. The summed E-state index contributed by atoms with van der Waals surface area (Å²) in [7, 11) is 12.7. The molecule has 0 saturated heterocycles.